The van der Waals surface area contributed by atoms with Crippen LogP contribution in [0.3, 0.4) is 0 Å². The molecule has 1 N–H and O–H groups in total. The number of benzene rings is 1. The lowest BCUT2D eigenvalue weighted by Crippen LogP contribution is -2.32. The number of hydrogen-bond acceptors (Lipinski definition) is 5. The molecular formula is C16H23Cl2N3OS2. The highest BCUT2D eigenvalue weighted by molar-refractivity contribution is 7.98. The van der Waals surface area contributed by atoms with Gasteiger partial charge in [-0.3, -0.25) is 4.79 Å². The van der Waals surface area contributed by atoms with E-state index in [4.69, 9.17) is 0 Å². The summed E-state index contributed by atoms with van der Waals surface area (Å²) in [4.78, 5) is 19.6. The number of amides is 1. The fourth-order valence-electron chi connectivity index (χ4n) is 1.93. The lowest BCUT2D eigenvalue weighted by atomic mass is 10.2. The van der Waals surface area contributed by atoms with Crippen LogP contribution >= 0.6 is 47.9 Å². The molecule has 1 aromatic carbocycles. The first-order valence-electron chi connectivity index (χ1n) is 7.14. The van der Waals surface area contributed by atoms with E-state index in [2.05, 4.69) is 15.7 Å². The lowest BCUT2D eigenvalue weighted by Gasteiger charge is -2.17. The molecular weight excluding hydrogens is 385 g/mol. The number of nitrogens with one attached hydrogen (secondary N) is 1. The van der Waals surface area contributed by atoms with Crippen LogP contribution in [-0.2, 0) is 5.75 Å². The molecule has 0 radical (unpaired) electrons. The Bertz CT molecular complexity index is 620. The summed E-state index contributed by atoms with van der Waals surface area (Å²) in [5, 5.41) is 6.24. The Morgan fingerprint density at radius 3 is 2.50 bits per heavy atom. The first kappa shape index (κ1) is 23.2. The fraction of sp³-hybridized carbons (Fsp3) is 0.375. The molecule has 0 atom stereocenters. The Morgan fingerprint density at radius 1 is 1.29 bits per heavy atom. The van der Waals surface area contributed by atoms with Crippen LogP contribution in [0.2, 0.25) is 0 Å². The molecule has 0 bridgehead atoms. The van der Waals surface area contributed by atoms with Crippen LogP contribution in [0.15, 0.2) is 34.5 Å². The zero-order valence-corrected chi connectivity index (χ0v) is 17.2. The topological polar surface area (TPSA) is 45.2 Å². The van der Waals surface area contributed by atoms with Crippen LogP contribution in [-0.4, -0.2) is 43.0 Å². The summed E-state index contributed by atoms with van der Waals surface area (Å²) in [6, 6.07) is 7.80. The molecule has 0 saturated carbocycles. The summed E-state index contributed by atoms with van der Waals surface area (Å²) in [7, 11) is 3.71. The van der Waals surface area contributed by atoms with Gasteiger partial charge in [0.15, 0.2) is 0 Å². The van der Waals surface area contributed by atoms with E-state index in [0.717, 1.165) is 33.5 Å². The molecule has 1 amide bonds. The molecule has 0 unspecified atom stereocenters. The van der Waals surface area contributed by atoms with E-state index < -0.39 is 0 Å². The Kier molecular flexibility index (Phi) is 11.3. The molecule has 0 saturated heterocycles. The Labute approximate surface area is 164 Å². The third kappa shape index (κ3) is 6.99. The van der Waals surface area contributed by atoms with Crippen molar-refractivity contribution in [2.45, 2.75) is 17.6 Å². The molecule has 0 aliphatic heterocycles. The van der Waals surface area contributed by atoms with Crippen LogP contribution in [0, 0.1) is 6.92 Å². The van der Waals surface area contributed by atoms with E-state index in [1.165, 1.54) is 0 Å². The molecule has 2 aromatic rings. The molecule has 4 nitrogen and oxygen atoms in total. The van der Waals surface area contributed by atoms with Crippen LogP contribution in [0.1, 0.15) is 21.1 Å². The summed E-state index contributed by atoms with van der Waals surface area (Å²) in [5.41, 5.74) is 1.84. The summed E-state index contributed by atoms with van der Waals surface area (Å²) >= 11 is 3.41. The van der Waals surface area contributed by atoms with E-state index in [0.29, 0.717) is 6.54 Å². The van der Waals surface area contributed by atoms with E-state index in [-0.39, 0.29) is 30.7 Å². The van der Waals surface area contributed by atoms with Gasteiger partial charge in [-0.2, -0.15) is 0 Å². The smallest absolute Gasteiger partial charge is 0.253 e. The van der Waals surface area contributed by atoms with Gasteiger partial charge in [0.1, 0.15) is 0 Å². The average molecular weight is 408 g/mol. The molecule has 8 heteroatoms. The lowest BCUT2D eigenvalue weighted by molar-refractivity contribution is 0.0797. The summed E-state index contributed by atoms with van der Waals surface area (Å²) in [6.07, 6.45) is 0. The van der Waals surface area contributed by atoms with Crippen LogP contribution < -0.4 is 5.32 Å². The van der Waals surface area contributed by atoms with Gasteiger partial charge in [-0.15, -0.1) is 47.9 Å². The van der Waals surface area contributed by atoms with Crippen molar-refractivity contribution >= 4 is 53.8 Å². The van der Waals surface area contributed by atoms with Gasteiger partial charge in [0.25, 0.3) is 5.91 Å². The maximum Gasteiger partial charge on any atom is 0.253 e. The first-order chi connectivity index (χ1) is 10.6. The van der Waals surface area contributed by atoms with Gasteiger partial charge in [0, 0.05) is 41.7 Å². The van der Waals surface area contributed by atoms with Crippen molar-refractivity contribution in [3.63, 3.8) is 0 Å². The fourth-order valence-corrected chi connectivity index (χ4v) is 3.44. The largest absolute Gasteiger partial charge is 0.340 e. The van der Waals surface area contributed by atoms with Crippen molar-refractivity contribution in [2.75, 3.05) is 27.2 Å². The summed E-state index contributed by atoms with van der Waals surface area (Å²) in [5.74, 6) is 0.918. The van der Waals surface area contributed by atoms with E-state index in [1.807, 2.05) is 45.3 Å². The van der Waals surface area contributed by atoms with Crippen LogP contribution in [0.4, 0.5) is 0 Å². The standard InChI is InChI=1S/C16H21N3OS2.2ClH/c1-12-18-14(10-21-12)11-22-15-6-4-13(5-7-15)16(20)19(3)9-8-17-2;;/h4-7,10,17H,8-9,11H2,1-3H3;2*1H. The molecule has 1 heterocycles. The zero-order chi connectivity index (χ0) is 15.9. The van der Waals surface area contributed by atoms with Gasteiger partial charge >= 0.3 is 0 Å². The normalized spacial score (nSPS) is 9.79. The molecule has 134 valence electrons. The van der Waals surface area contributed by atoms with Gasteiger partial charge in [0.05, 0.1) is 10.7 Å². The Morgan fingerprint density at radius 2 is 1.96 bits per heavy atom. The maximum absolute atomic E-state index is 12.2. The highest BCUT2D eigenvalue weighted by atomic mass is 35.5. The van der Waals surface area contributed by atoms with Gasteiger partial charge in [-0.1, -0.05) is 0 Å². The molecule has 2 rings (SSSR count). The predicted molar refractivity (Wildman–Crippen MR) is 108 cm³/mol. The number of carbonyl (C=O) groups is 1. The van der Waals surface area contributed by atoms with E-state index >= 15 is 0 Å². The van der Waals surface area contributed by atoms with Crippen molar-refractivity contribution < 1.29 is 4.79 Å². The second-order valence-electron chi connectivity index (χ2n) is 5.00. The molecule has 1 aromatic heterocycles. The number of carbonyl (C=O) groups excluding carboxylic acids is 1. The van der Waals surface area contributed by atoms with Crippen molar-refractivity contribution in [3.8, 4) is 0 Å². The number of aromatic nitrogens is 1. The average Bonchev–Trinajstić information content (AvgIpc) is 2.96. The summed E-state index contributed by atoms with van der Waals surface area (Å²) < 4.78 is 0. The monoisotopic (exact) mass is 407 g/mol. The molecule has 24 heavy (non-hydrogen) atoms. The number of thioether (sulfide) groups is 1. The predicted octanol–water partition coefficient (Wildman–Crippen LogP) is 3.88. The number of thiazole rings is 1. The van der Waals surface area contributed by atoms with Crippen LogP contribution in [0.25, 0.3) is 0 Å². The second kappa shape index (κ2) is 11.7. The second-order valence-corrected chi connectivity index (χ2v) is 7.11. The SMILES string of the molecule is CNCCN(C)C(=O)c1ccc(SCc2csc(C)n2)cc1.Cl.Cl. The number of hydrogen-bond donors (Lipinski definition) is 1. The number of halogens is 2. The molecule has 0 fully saturated rings. The van der Waals surface area contributed by atoms with Crippen molar-refractivity contribution in [1.82, 2.24) is 15.2 Å². The Hall–Kier alpha value is -0.790. The number of aryl methyl sites for hydroxylation is 1. The number of rotatable bonds is 7. The van der Waals surface area contributed by atoms with Gasteiger partial charge in [0.2, 0.25) is 0 Å². The van der Waals surface area contributed by atoms with Crippen molar-refractivity contribution in [2.24, 2.45) is 0 Å². The molecule has 0 aliphatic rings. The van der Waals surface area contributed by atoms with E-state index in [9.17, 15) is 4.79 Å². The first-order valence-corrected chi connectivity index (χ1v) is 9.00. The van der Waals surface area contributed by atoms with Crippen LogP contribution in [0.5, 0.6) is 0 Å². The minimum Gasteiger partial charge on any atom is -0.340 e. The van der Waals surface area contributed by atoms with Gasteiger partial charge < -0.3 is 10.2 Å². The summed E-state index contributed by atoms with van der Waals surface area (Å²) in [6.45, 7) is 3.52. The third-order valence-electron chi connectivity index (χ3n) is 3.20. The highest BCUT2D eigenvalue weighted by Crippen LogP contribution is 2.24. The quantitative estimate of drug-likeness (QED) is 0.707. The van der Waals surface area contributed by atoms with Gasteiger partial charge in [-0.25, -0.2) is 4.98 Å². The number of nitrogens with zero attached hydrogens (tertiary/aromatic N) is 2. The third-order valence-corrected chi connectivity index (χ3v) is 5.07. The number of likely N-dealkylation sites (N-methyl/N-ethyl adjacent to an activating group) is 2. The Balaban J connectivity index is 0.00000264. The van der Waals surface area contributed by atoms with Crippen molar-refractivity contribution in [3.05, 3.63) is 45.9 Å². The highest BCUT2D eigenvalue weighted by Gasteiger charge is 2.11. The maximum atomic E-state index is 12.2. The minimum absolute atomic E-state index is 0. The molecule has 0 spiro atoms. The van der Waals surface area contributed by atoms with Gasteiger partial charge in [-0.05, 0) is 38.2 Å². The van der Waals surface area contributed by atoms with Crippen molar-refractivity contribution in [1.29, 1.82) is 0 Å². The molecule has 0 aliphatic carbocycles. The van der Waals surface area contributed by atoms with E-state index in [1.54, 1.807) is 28.0 Å². The zero-order valence-electron chi connectivity index (χ0n) is 13.9. The minimum atomic E-state index is 0.